The van der Waals surface area contributed by atoms with Crippen molar-refractivity contribution in [3.63, 3.8) is 0 Å². The van der Waals surface area contributed by atoms with Crippen LogP contribution in [0, 0.1) is 6.92 Å². The van der Waals surface area contributed by atoms with Crippen LogP contribution in [0.4, 0.5) is 0 Å². The highest BCUT2D eigenvalue weighted by Crippen LogP contribution is 2.20. The number of ether oxygens (including phenoxy) is 2. The molecule has 144 valence electrons. The van der Waals surface area contributed by atoms with E-state index in [-0.39, 0.29) is 12.0 Å². The summed E-state index contributed by atoms with van der Waals surface area (Å²) in [6.07, 6.45) is 2.30. The number of hydrogen-bond donors (Lipinski definition) is 1. The first-order valence-electron chi connectivity index (χ1n) is 9.52. The van der Waals surface area contributed by atoms with Gasteiger partial charge in [0, 0.05) is 31.7 Å². The van der Waals surface area contributed by atoms with Crippen molar-refractivity contribution in [1.82, 2.24) is 10.2 Å². The predicted molar refractivity (Wildman–Crippen MR) is 107 cm³/mol. The van der Waals surface area contributed by atoms with Gasteiger partial charge in [-0.1, -0.05) is 18.2 Å². The zero-order valence-electron chi connectivity index (χ0n) is 16.1. The summed E-state index contributed by atoms with van der Waals surface area (Å²) in [5, 5.41) is 2.99. The standard InChI is InChI=1S/C22H28N2O3/c1-17-5-3-8-21(15-17)27-19-9-12-24(13-10-19)14-11-23-22(25)18-6-4-7-20(16-18)26-2/h3-8,15-16,19H,9-14H2,1-2H3,(H,23,25). The first-order chi connectivity index (χ1) is 13.1. The van der Waals surface area contributed by atoms with Crippen molar-refractivity contribution in [2.45, 2.75) is 25.9 Å². The van der Waals surface area contributed by atoms with Crippen molar-refractivity contribution in [1.29, 1.82) is 0 Å². The summed E-state index contributed by atoms with van der Waals surface area (Å²) < 4.78 is 11.3. The first-order valence-corrected chi connectivity index (χ1v) is 9.52. The fraction of sp³-hybridized carbons (Fsp3) is 0.409. The van der Waals surface area contributed by atoms with E-state index >= 15 is 0 Å². The van der Waals surface area contributed by atoms with Gasteiger partial charge in [-0.15, -0.1) is 0 Å². The molecule has 5 heteroatoms. The van der Waals surface area contributed by atoms with Gasteiger partial charge in [0.25, 0.3) is 5.91 Å². The predicted octanol–water partition coefficient (Wildman–Crippen LogP) is 3.28. The molecule has 2 aromatic carbocycles. The van der Waals surface area contributed by atoms with E-state index in [0.717, 1.165) is 38.2 Å². The van der Waals surface area contributed by atoms with E-state index in [4.69, 9.17) is 9.47 Å². The second-order valence-electron chi connectivity index (χ2n) is 6.96. The summed E-state index contributed by atoms with van der Waals surface area (Å²) in [5.74, 6) is 1.59. The topological polar surface area (TPSA) is 50.8 Å². The van der Waals surface area contributed by atoms with Gasteiger partial charge in [0.15, 0.2) is 0 Å². The van der Waals surface area contributed by atoms with E-state index in [1.165, 1.54) is 5.56 Å². The van der Waals surface area contributed by atoms with Crippen molar-refractivity contribution in [2.24, 2.45) is 0 Å². The lowest BCUT2D eigenvalue weighted by molar-refractivity contribution is 0.0905. The minimum Gasteiger partial charge on any atom is -0.497 e. The van der Waals surface area contributed by atoms with Gasteiger partial charge >= 0.3 is 0 Å². The molecule has 0 atom stereocenters. The van der Waals surface area contributed by atoms with Gasteiger partial charge in [-0.25, -0.2) is 0 Å². The van der Waals surface area contributed by atoms with Crippen molar-refractivity contribution in [3.05, 3.63) is 59.7 Å². The fourth-order valence-corrected chi connectivity index (χ4v) is 3.33. The molecule has 0 bridgehead atoms. The van der Waals surface area contributed by atoms with Crippen molar-refractivity contribution < 1.29 is 14.3 Å². The molecule has 1 heterocycles. The van der Waals surface area contributed by atoms with E-state index in [1.807, 2.05) is 24.3 Å². The lowest BCUT2D eigenvalue weighted by atomic mass is 10.1. The van der Waals surface area contributed by atoms with Gasteiger partial charge in [-0.2, -0.15) is 0 Å². The number of amides is 1. The third-order valence-electron chi connectivity index (χ3n) is 4.87. The molecule has 2 aromatic rings. The summed E-state index contributed by atoms with van der Waals surface area (Å²) >= 11 is 0. The second-order valence-corrected chi connectivity index (χ2v) is 6.96. The number of carbonyl (C=O) groups excluding carboxylic acids is 1. The quantitative estimate of drug-likeness (QED) is 0.815. The number of hydrogen-bond acceptors (Lipinski definition) is 4. The monoisotopic (exact) mass is 368 g/mol. The minimum absolute atomic E-state index is 0.0634. The highest BCUT2D eigenvalue weighted by Gasteiger charge is 2.20. The highest BCUT2D eigenvalue weighted by atomic mass is 16.5. The Labute approximate surface area is 161 Å². The number of methoxy groups -OCH3 is 1. The van der Waals surface area contributed by atoms with Crippen LogP contribution in [0.2, 0.25) is 0 Å². The number of rotatable bonds is 7. The normalized spacial score (nSPS) is 15.3. The van der Waals surface area contributed by atoms with Crippen LogP contribution in [-0.4, -0.2) is 50.2 Å². The number of carbonyl (C=O) groups is 1. The Morgan fingerprint density at radius 2 is 1.85 bits per heavy atom. The summed E-state index contributed by atoms with van der Waals surface area (Å²) in [7, 11) is 1.60. The van der Waals surface area contributed by atoms with Crippen molar-refractivity contribution in [2.75, 3.05) is 33.3 Å². The Hall–Kier alpha value is -2.53. The van der Waals surface area contributed by atoms with Crippen LogP contribution in [0.3, 0.4) is 0 Å². The summed E-state index contributed by atoms with van der Waals surface area (Å²) in [4.78, 5) is 14.6. The van der Waals surface area contributed by atoms with Crippen LogP contribution in [0.15, 0.2) is 48.5 Å². The summed E-state index contributed by atoms with van der Waals surface area (Å²) in [5.41, 5.74) is 1.84. The molecule has 0 aliphatic carbocycles. The number of likely N-dealkylation sites (tertiary alicyclic amines) is 1. The molecule has 1 amide bonds. The molecule has 1 saturated heterocycles. The summed E-state index contributed by atoms with van der Waals surface area (Å²) in [6, 6.07) is 15.4. The minimum atomic E-state index is -0.0634. The Balaban J connectivity index is 1.37. The van der Waals surface area contributed by atoms with Crippen LogP contribution in [0.5, 0.6) is 11.5 Å². The molecule has 27 heavy (non-hydrogen) atoms. The van der Waals surface area contributed by atoms with Gasteiger partial charge in [0.05, 0.1) is 7.11 Å². The molecule has 0 aromatic heterocycles. The van der Waals surface area contributed by atoms with Gasteiger partial charge in [-0.05, 0) is 55.7 Å². The third-order valence-corrected chi connectivity index (χ3v) is 4.87. The Kier molecular flexibility index (Phi) is 6.71. The molecule has 0 unspecified atom stereocenters. The highest BCUT2D eigenvalue weighted by molar-refractivity contribution is 5.94. The molecule has 5 nitrogen and oxygen atoms in total. The molecular weight excluding hydrogens is 340 g/mol. The zero-order chi connectivity index (χ0) is 19.1. The van der Waals surface area contributed by atoms with Crippen LogP contribution in [0.25, 0.3) is 0 Å². The number of nitrogens with zero attached hydrogens (tertiary/aromatic N) is 1. The maximum atomic E-state index is 12.2. The number of nitrogens with one attached hydrogen (secondary N) is 1. The van der Waals surface area contributed by atoms with Crippen LogP contribution >= 0.6 is 0 Å². The van der Waals surface area contributed by atoms with Crippen molar-refractivity contribution in [3.8, 4) is 11.5 Å². The average molecular weight is 368 g/mol. The van der Waals surface area contributed by atoms with Gasteiger partial charge in [0.2, 0.25) is 0 Å². The van der Waals surface area contributed by atoms with E-state index in [0.29, 0.717) is 17.9 Å². The average Bonchev–Trinajstić information content (AvgIpc) is 2.69. The lowest BCUT2D eigenvalue weighted by Crippen LogP contribution is -2.42. The molecule has 1 N–H and O–H groups in total. The van der Waals surface area contributed by atoms with E-state index in [2.05, 4.69) is 29.3 Å². The largest absolute Gasteiger partial charge is 0.497 e. The molecule has 0 saturated carbocycles. The van der Waals surface area contributed by atoms with Gasteiger partial charge in [0.1, 0.15) is 17.6 Å². The molecule has 0 radical (unpaired) electrons. The van der Waals surface area contributed by atoms with E-state index < -0.39 is 0 Å². The third kappa shape index (κ3) is 5.73. The molecule has 3 rings (SSSR count). The maximum Gasteiger partial charge on any atom is 0.251 e. The van der Waals surface area contributed by atoms with Crippen LogP contribution in [-0.2, 0) is 0 Å². The molecular formula is C22H28N2O3. The molecule has 1 fully saturated rings. The number of benzene rings is 2. The van der Waals surface area contributed by atoms with Gasteiger partial charge in [-0.3, -0.25) is 4.79 Å². The Bertz CT molecular complexity index is 755. The lowest BCUT2D eigenvalue weighted by Gasteiger charge is -2.32. The number of piperidine rings is 1. The maximum absolute atomic E-state index is 12.2. The molecule has 1 aliphatic rings. The van der Waals surface area contributed by atoms with Gasteiger partial charge < -0.3 is 19.7 Å². The number of aryl methyl sites for hydroxylation is 1. The summed E-state index contributed by atoms with van der Waals surface area (Å²) in [6.45, 7) is 5.55. The van der Waals surface area contributed by atoms with Crippen molar-refractivity contribution >= 4 is 5.91 Å². The molecule has 0 spiro atoms. The van der Waals surface area contributed by atoms with E-state index in [1.54, 1.807) is 19.2 Å². The molecule has 1 aliphatic heterocycles. The van der Waals surface area contributed by atoms with E-state index in [9.17, 15) is 4.79 Å². The SMILES string of the molecule is COc1cccc(C(=O)NCCN2CCC(Oc3cccc(C)c3)CC2)c1. The Morgan fingerprint density at radius 3 is 2.59 bits per heavy atom. The Morgan fingerprint density at radius 1 is 1.11 bits per heavy atom. The van der Waals surface area contributed by atoms with Crippen LogP contribution in [0.1, 0.15) is 28.8 Å². The first kappa shape index (κ1) is 19.2. The fourth-order valence-electron chi connectivity index (χ4n) is 3.33. The zero-order valence-corrected chi connectivity index (χ0v) is 16.1. The smallest absolute Gasteiger partial charge is 0.251 e. The second kappa shape index (κ2) is 9.42. The van der Waals surface area contributed by atoms with Crippen LogP contribution < -0.4 is 14.8 Å².